The van der Waals surface area contributed by atoms with Crippen LogP contribution in [0.1, 0.15) is 32.1 Å². The predicted octanol–water partition coefficient (Wildman–Crippen LogP) is 2.27. The summed E-state index contributed by atoms with van der Waals surface area (Å²) in [6, 6.07) is 1.95. The van der Waals surface area contributed by atoms with E-state index in [1.165, 1.54) is 13.5 Å². The summed E-state index contributed by atoms with van der Waals surface area (Å²) in [5.74, 6) is 0.688. The van der Waals surface area contributed by atoms with E-state index in [-0.39, 0.29) is 18.2 Å². The molecule has 0 bridgehead atoms. The minimum atomic E-state index is -0.249. The summed E-state index contributed by atoms with van der Waals surface area (Å²) in [5.41, 5.74) is -0.249. The van der Waals surface area contributed by atoms with Crippen LogP contribution in [0, 0.1) is 0 Å². The van der Waals surface area contributed by atoms with Gasteiger partial charge in [0.2, 0.25) is 0 Å². The van der Waals surface area contributed by atoms with Crippen LogP contribution in [0.25, 0.3) is 0 Å². The molecular weight excluding hydrogens is 266 g/mol. The summed E-state index contributed by atoms with van der Waals surface area (Å²) in [6.07, 6.45) is 5.40. The Morgan fingerprint density at radius 3 is 2.63 bits per heavy atom. The summed E-state index contributed by atoms with van der Waals surface area (Å²) in [4.78, 5) is 10.3. The van der Waals surface area contributed by atoms with Crippen LogP contribution < -0.4 is 9.64 Å². The number of nitrogens with zero attached hydrogens (tertiary/aromatic N) is 3. The Kier molecular flexibility index (Phi) is 4.47. The van der Waals surface area contributed by atoms with Gasteiger partial charge in [0.25, 0.3) is 0 Å². The second-order valence-electron chi connectivity index (χ2n) is 5.04. The molecule has 1 fully saturated rings. The maximum atomic E-state index is 9.82. The Balaban J connectivity index is 2.31. The summed E-state index contributed by atoms with van der Waals surface area (Å²) >= 11 is 5.98. The van der Waals surface area contributed by atoms with Crippen molar-refractivity contribution >= 4 is 17.4 Å². The molecule has 106 valence electrons. The van der Waals surface area contributed by atoms with Crippen LogP contribution in [0.3, 0.4) is 0 Å². The van der Waals surface area contributed by atoms with Gasteiger partial charge in [-0.15, -0.1) is 0 Å². The number of aliphatic hydroxyl groups is 1. The Morgan fingerprint density at radius 1 is 1.37 bits per heavy atom. The van der Waals surface area contributed by atoms with Gasteiger partial charge < -0.3 is 14.7 Å². The van der Waals surface area contributed by atoms with E-state index in [1.54, 1.807) is 6.07 Å². The van der Waals surface area contributed by atoms with Crippen LogP contribution in [-0.4, -0.2) is 41.4 Å². The van der Waals surface area contributed by atoms with Crippen LogP contribution in [0.5, 0.6) is 6.01 Å². The van der Waals surface area contributed by atoms with Crippen LogP contribution >= 0.6 is 11.6 Å². The number of methoxy groups -OCH3 is 1. The molecule has 1 aromatic rings. The second kappa shape index (κ2) is 5.92. The van der Waals surface area contributed by atoms with Crippen LogP contribution in [0.2, 0.25) is 5.15 Å². The molecule has 0 saturated heterocycles. The lowest BCUT2D eigenvalue weighted by Gasteiger charge is -2.44. The number of rotatable bonds is 4. The largest absolute Gasteiger partial charge is 0.467 e. The molecule has 0 amide bonds. The number of aliphatic hydroxyl groups excluding tert-OH is 1. The summed E-state index contributed by atoms with van der Waals surface area (Å²) in [6.45, 7) is 0.118. The maximum Gasteiger partial charge on any atom is 0.319 e. The van der Waals surface area contributed by atoms with Gasteiger partial charge in [-0.3, -0.25) is 0 Å². The molecule has 0 aromatic carbocycles. The quantitative estimate of drug-likeness (QED) is 0.860. The number of aromatic nitrogens is 2. The van der Waals surface area contributed by atoms with Gasteiger partial charge in [-0.1, -0.05) is 30.9 Å². The van der Waals surface area contributed by atoms with Crippen molar-refractivity contribution in [2.75, 3.05) is 25.7 Å². The van der Waals surface area contributed by atoms with Gasteiger partial charge in [0.15, 0.2) is 0 Å². The van der Waals surface area contributed by atoms with Gasteiger partial charge in [0, 0.05) is 13.1 Å². The Labute approximate surface area is 118 Å². The highest BCUT2D eigenvalue weighted by Crippen LogP contribution is 2.35. The minimum Gasteiger partial charge on any atom is -0.467 e. The zero-order chi connectivity index (χ0) is 13.9. The Bertz CT molecular complexity index is 436. The molecule has 19 heavy (non-hydrogen) atoms. The van der Waals surface area contributed by atoms with Crippen molar-refractivity contribution in [1.29, 1.82) is 0 Å². The molecule has 5 nitrogen and oxygen atoms in total. The molecule has 1 N–H and O–H groups in total. The van der Waals surface area contributed by atoms with Gasteiger partial charge in [-0.2, -0.15) is 9.97 Å². The molecule has 6 heteroatoms. The van der Waals surface area contributed by atoms with E-state index in [4.69, 9.17) is 16.3 Å². The zero-order valence-corrected chi connectivity index (χ0v) is 12.2. The van der Waals surface area contributed by atoms with Crippen molar-refractivity contribution in [1.82, 2.24) is 9.97 Å². The normalized spacial score (nSPS) is 18.1. The fourth-order valence-electron chi connectivity index (χ4n) is 2.70. The number of halogens is 1. The molecule has 1 aromatic heterocycles. The third kappa shape index (κ3) is 2.92. The average molecular weight is 286 g/mol. The third-order valence-corrected chi connectivity index (χ3v) is 4.17. The van der Waals surface area contributed by atoms with Gasteiger partial charge in [0.1, 0.15) is 11.0 Å². The first-order valence-electron chi connectivity index (χ1n) is 6.54. The molecular formula is C13H20ClN3O2. The van der Waals surface area contributed by atoms with Crippen molar-refractivity contribution in [3.8, 4) is 6.01 Å². The fraction of sp³-hybridized carbons (Fsp3) is 0.692. The maximum absolute atomic E-state index is 9.82. The molecule has 1 aliphatic rings. The SMILES string of the molecule is COc1nc(Cl)cc(N(C)C2(CO)CCCCC2)n1. The van der Waals surface area contributed by atoms with Gasteiger partial charge in [-0.25, -0.2) is 0 Å². The van der Waals surface area contributed by atoms with E-state index in [2.05, 4.69) is 9.97 Å². The standard InChI is InChI=1S/C13H20ClN3O2/c1-17(13(9-18)6-4-3-5-7-13)11-8-10(14)15-12(16-11)19-2/h8,18H,3-7,9H2,1-2H3. The van der Waals surface area contributed by atoms with Gasteiger partial charge in [0.05, 0.1) is 19.3 Å². The number of hydrogen-bond acceptors (Lipinski definition) is 5. The summed E-state index contributed by atoms with van der Waals surface area (Å²) in [7, 11) is 3.46. The fourth-order valence-corrected chi connectivity index (χ4v) is 2.87. The first-order chi connectivity index (χ1) is 9.11. The van der Waals surface area contributed by atoms with Crippen molar-refractivity contribution < 1.29 is 9.84 Å². The molecule has 1 aliphatic carbocycles. The highest BCUT2D eigenvalue weighted by atomic mass is 35.5. The topological polar surface area (TPSA) is 58.5 Å². The molecule has 0 spiro atoms. The first-order valence-corrected chi connectivity index (χ1v) is 6.92. The molecule has 2 rings (SSSR count). The van der Waals surface area contributed by atoms with E-state index < -0.39 is 0 Å². The lowest BCUT2D eigenvalue weighted by Crippen LogP contribution is -2.51. The number of ether oxygens (including phenoxy) is 1. The summed E-state index contributed by atoms with van der Waals surface area (Å²) in [5, 5.41) is 10.2. The predicted molar refractivity (Wildman–Crippen MR) is 74.9 cm³/mol. The average Bonchev–Trinajstić information content (AvgIpc) is 2.46. The lowest BCUT2D eigenvalue weighted by molar-refractivity contribution is 0.150. The van der Waals surface area contributed by atoms with E-state index >= 15 is 0 Å². The van der Waals surface area contributed by atoms with Crippen LogP contribution in [0.4, 0.5) is 5.82 Å². The van der Waals surface area contributed by atoms with E-state index in [9.17, 15) is 5.11 Å². The van der Waals surface area contributed by atoms with E-state index in [0.717, 1.165) is 25.7 Å². The minimum absolute atomic E-state index is 0.118. The summed E-state index contributed by atoms with van der Waals surface area (Å²) < 4.78 is 5.04. The van der Waals surface area contributed by atoms with Crippen molar-refractivity contribution in [3.05, 3.63) is 11.2 Å². The van der Waals surface area contributed by atoms with Crippen LogP contribution in [0.15, 0.2) is 6.07 Å². The second-order valence-corrected chi connectivity index (χ2v) is 5.42. The lowest BCUT2D eigenvalue weighted by atomic mass is 9.81. The monoisotopic (exact) mass is 285 g/mol. The third-order valence-electron chi connectivity index (χ3n) is 3.98. The van der Waals surface area contributed by atoms with Crippen molar-refractivity contribution in [2.24, 2.45) is 0 Å². The molecule has 0 atom stereocenters. The molecule has 1 saturated carbocycles. The van der Waals surface area contributed by atoms with Crippen molar-refractivity contribution in [2.45, 2.75) is 37.6 Å². The van der Waals surface area contributed by atoms with Crippen LogP contribution in [-0.2, 0) is 0 Å². The number of anilines is 1. The Morgan fingerprint density at radius 2 is 2.05 bits per heavy atom. The number of likely N-dealkylation sites (N-methyl/N-ethyl adjacent to an activating group) is 1. The highest BCUT2D eigenvalue weighted by Gasteiger charge is 2.36. The Hall–Kier alpha value is -1.07. The van der Waals surface area contributed by atoms with E-state index in [0.29, 0.717) is 11.0 Å². The van der Waals surface area contributed by atoms with E-state index in [1.807, 2.05) is 11.9 Å². The first kappa shape index (κ1) is 14.3. The molecule has 0 aliphatic heterocycles. The zero-order valence-electron chi connectivity index (χ0n) is 11.4. The molecule has 0 radical (unpaired) electrons. The number of hydrogen-bond donors (Lipinski definition) is 1. The van der Waals surface area contributed by atoms with Crippen molar-refractivity contribution in [3.63, 3.8) is 0 Å². The smallest absolute Gasteiger partial charge is 0.319 e. The van der Waals surface area contributed by atoms with Gasteiger partial charge in [-0.05, 0) is 12.8 Å². The highest BCUT2D eigenvalue weighted by molar-refractivity contribution is 6.29. The van der Waals surface area contributed by atoms with Gasteiger partial charge >= 0.3 is 6.01 Å². The molecule has 0 unspecified atom stereocenters. The molecule has 1 heterocycles.